The monoisotopic (exact) mass is 262 g/mol. The number of ether oxygens (including phenoxy) is 2. The first-order valence-electron chi connectivity index (χ1n) is 5.36. The van der Waals surface area contributed by atoms with E-state index in [1.807, 2.05) is 0 Å². The molecule has 0 saturated carbocycles. The van der Waals surface area contributed by atoms with Crippen LogP contribution in [0, 0.1) is 0 Å². The Morgan fingerprint density at radius 2 is 1.11 bits per heavy atom. The number of esters is 2. The number of hydrazine groups is 2. The summed E-state index contributed by atoms with van der Waals surface area (Å²) in [6, 6.07) is -1.78. The van der Waals surface area contributed by atoms with Crippen LogP contribution in [-0.4, -0.2) is 76.5 Å². The van der Waals surface area contributed by atoms with Crippen LogP contribution in [0.25, 0.3) is 0 Å². The fourth-order valence-electron chi connectivity index (χ4n) is 1.34. The smallest absolute Gasteiger partial charge is 0.326 e. The SMILES string of the molecule is COC(=O)C(NN(C)C)C(NN(C)C)C(=O)OC. The Labute approximate surface area is 107 Å². The molecule has 0 aromatic carbocycles. The predicted molar refractivity (Wildman–Crippen MR) is 65.3 cm³/mol. The molecule has 0 radical (unpaired) electrons. The average molecular weight is 262 g/mol. The van der Waals surface area contributed by atoms with Crippen molar-refractivity contribution < 1.29 is 19.1 Å². The van der Waals surface area contributed by atoms with Gasteiger partial charge in [0.05, 0.1) is 14.2 Å². The van der Waals surface area contributed by atoms with Crippen LogP contribution in [0.2, 0.25) is 0 Å². The molecule has 0 amide bonds. The third kappa shape index (κ3) is 5.41. The molecule has 0 spiro atoms. The topological polar surface area (TPSA) is 83.1 Å². The minimum absolute atomic E-state index is 0.562. The van der Waals surface area contributed by atoms with Gasteiger partial charge in [0.25, 0.3) is 0 Å². The lowest BCUT2D eigenvalue weighted by Crippen LogP contribution is -2.62. The number of nitrogens with one attached hydrogen (secondary N) is 2. The lowest BCUT2D eigenvalue weighted by Gasteiger charge is -2.29. The van der Waals surface area contributed by atoms with Gasteiger partial charge in [0, 0.05) is 28.2 Å². The second-order valence-corrected chi connectivity index (χ2v) is 4.05. The van der Waals surface area contributed by atoms with Gasteiger partial charge in [-0.05, 0) is 0 Å². The van der Waals surface area contributed by atoms with Crippen LogP contribution in [0.5, 0.6) is 0 Å². The van der Waals surface area contributed by atoms with Crippen molar-refractivity contribution in [3.63, 3.8) is 0 Å². The Morgan fingerprint density at radius 1 is 0.833 bits per heavy atom. The van der Waals surface area contributed by atoms with E-state index in [-0.39, 0.29) is 0 Å². The minimum atomic E-state index is -0.889. The number of hydrogen-bond donors (Lipinski definition) is 2. The molecule has 0 aromatic heterocycles. The van der Waals surface area contributed by atoms with Crippen LogP contribution >= 0.6 is 0 Å². The Kier molecular flexibility index (Phi) is 7.44. The highest BCUT2D eigenvalue weighted by atomic mass is 16.5. The van der Waals surface area contributed by atoms with Crippen LogP contribution in [0.4, 0.5) is 0 Å². The fraction of sp³-hybridized carbons (Fsp3) is 0.800. The van der Waals surface area contributed by atoms with Gasteiger partial charge >= 0.3 is 11.9 Å². The van der Waals surface area contributed by atoms with Crippen LogP contribution in [0.3, 0.4) is 0 Å². The highest BCUT2D eigenvalue weighted by Crippen LogP contribution is 2.01. The second-order valence-electron chi connectivity index (χ2n) is 4.05. The lowest BCUT2D eigenvalue weighted by molar-refractivity contribution is -0.155. The summed E-state index contributed by atoms with van der Waals surface area (Å²) in [6.45, 7) is 0. The quantitative estimate of drug-likeness (QED) is 0.411. The summed E-state index contributed by atoms with van der Waals surface area (Å²) in [5.74, 6) is -1.12. The molecule has 8 heteroatoms. The Balaban J connectivity index is 5.05. The maximum absolute atomic E-state index is 11.7. The van der Waals surface area contributed by atoms with E-state index in [9.17, 15) is 9.59 Å². The first-order chi connectivity index (χ1) is 8.33. The molecule has 0 aromatic rings. The van der Waals surface area contributed by atoms with Crippen LogP contribution < -0.4 is 10.9 Å². The Hall–Kier alpha value is -1.22. The third-order valence-electron chi connectivity index (χ3n) is 2.04. The molecule has 0 bridgehead atoms. The first kappa shape index (κ1) is 16.8. The van der Waals surface area contributed by atoms with Gasteiger partial charge in [0.1, 0.15) is 12.1 Å². The number of hydrogen-bond acceptors (Lipinski definition) is 8. The van der Waals surface area contributed by atoms with E-state index in [2.05, 4.69) is 20.3 Å². The summed E-state index contributed by atoms with van der Waals surface area (Å²) in [4.78, 5) is 23.4. The fourth-order valence-corrected chi connectivity index (χ4v) is 1.34. The summed E-state index contributed by atoms with van der Waals surface area (Å²) in [7, 11) is 9.35. The van der Waals surface area contributed by atoms with E-state index in [0.717, 1.165) is 0 Å². The average Bonchev–Trinajstić information content (AvgIpc) is 2.30. The molecule has 106 valence electrons. The van der Waals surface area contributed by atoms with E-state index in [1.54, 1.807) is 38.2 Å². The van der Waals surface area contributed by atoms with Gasteiger partial charge in [-0.1, -0.05) is 0 Å². The minimum Gasteiger partial charge on any atom is -0.468 e. The number of nitrogens with zero attached hydrogens (tertiary/aromatic N) is 2. The first-order valence-corrected chi connectivity index (χ1v) is 5.36. The summed E-state index contributed by atoms with van der Waals surface area (Å²) in [5, 5.41) is 3.13. The van der Waals surface area contributed by atoms with E-state index in [1.165, 1.54) is 14.2 Å². The predicted octanol–water partition coefficient (Wildman–Crippen LogP) is -1.80. The molecule has 18 heavy (non-hydrogen) atoms. The summed E-state index contributed by atoms with van der Waals surface area (Å²) >= 11 is 0. The third-order valence-corrected chi connectivity index (χ3v) is 2.04. The molecule has 0 rings (SSSR count). The molecule has 0 aliphatic heterocycles. The van der Waals surface area contributed by atoms with Crippen molar-refractivity contribution in [3.05, 3.63) is 0 Å². The molecular weight excluding hydrogens is 240 g/mol. The molecular formula is C10H22N4O4. The number of carbonyl (C=O) groups is 2. The van der Waals surface area contributed by atoms with Gasteiger partial charge in [-0.25, -0.2) is 20.9 Å². The van der Waals surface area contributed by atoms with E-state index < -0.39 is 24.0 Å². The van der Waals surface area contributed by atoms with E-state index >= 15 is 0 Å². The van der Waals surface area contributed by atoms with E-state index in [4.69, 9.17) is 0 Å². The van der Waals surface area contributed by atoms with Crippen LogP contribution in [0.1, 0.15) is 0 Å². The number of rotatable bonds is 7. The lowest BCUT2D eigenvalue weighted by atomic mass is 10.1. The van der Waals surface area contributed by atoms with Crippen molar-refractivity contribution in [2.75, 3.05) is 42.4 Å². The maximum Gasteiger partial charge on any atom is 0.326 e. The van der Waals surface area contributed by atoms with Crippen molar-refractivity contribution in [2.45, 2.75) is 12.1 Å². The molecule has 0 aliphatic carbocycles. The zero-order valence-corrected chi connectivity index (χ0v) is 11.7. The van der Waals surface area contributed by atoms with Gasteiger partial charge in [-0.3, -0.25) is 9.59 Å². The van der Waals surface area contributed by atoms with Crippen molar-refractivity contribution in [1.29, 1.82) is 0 Å². The highest BCUT2D eigenvalue weighted by Gasteiger charge is 2.36. The highest BCUT2D eigenvalue weighted by molar-refractivity contribution is 5.87. The number of carbonyl (C=O) groups excluding carboxylic acids is 2. The summed E-state index contributed by atoms with van der Waals surface area (Å²) in [6.07, 6.45) is 0. The molecule has 2 unspecified atom stereocenters. The largest absolute Gasteiger partial charge is 0.468 e. The van der Waals surface area contributed by atoms with Crippen molar-refractivity contribution in [2.24, 2.45) is 0 Å². The number of methoxy groups -OCH3 is 2. The molecule has 0 aliphatic rings. The molecule has 0 fully saturated rings. The van der Waals surface area contributed by atoms with E-state index in [0.29, 0.717) is 0 Å². The zero-order valence-electron chi connectivity index (χ0n) is 11.7. The standard InChI is InChI=1S/C10H22N4O4/c1-13(2)11-7(9(15)17-5)8(10(16)18-6)12-14(3)4/h7-8,11-12H,1-6H3. The van der Waals surface area contributed by atoms with Crippen molar-refractivity contribution >= 4 is 11.9 Å². The summed E-state index contributed by atoms with van der Waals surface area (Å²) < 4.78 is 9.35. The summed E-state index contributed by atoms with van der Waals surface area (Å²) in [5.41, 5.74) is 5.64. The van der Waals surface area contributed by atoms with Crippen molar-refractivity contribution in [1.82, 2.24) is 20.9 Å². The van der Waals surface area contributed by atoms with Gasteiger partial charge in [-0.2, -0.15) is 0 Å². The van der Waals surface area contributed by atoms with Gasteiger partial charge in [-0.15, -0.1) is 0 Å². The van der Waals surface area contributed by atoms with Crippen molar-refractivity contribution in [3.8, 4) is 0 Å². The second kappa shape index (κ2) is 7.98. The molecule has 2 atom stereocenters. The Morgan fingerprint density at radius 3 is 1.28 bits per heavy atom. The van der Waals surface area contributed by atoms with Gasteiger partial charge in [0.15, 0.2) is 0 Å². The van der Waals surface area contributed by atoms with Crippen LogP contribution in [0.15, 0.2) is 0 Å². The van der Waals surface area contributed by atoms with Gasteiger partial charge < -0.3 is 9.47 Å². The van der Waals surface area contributed by atoms with Crippen LogP contribution in [-0.2, 0) is 19.1 Å². The molecule has 0 heterocycles. The molecule has 8 nitrogen and oxygen atoms in total. The molecule has 0 saturated heterocycles. The molecule has 2 N–H and O–H groups in total. The maximum atomic E-state index is 11.7. The zero-order chi connectivity index (χ0) is 14.3. The normalized spacial score (nSPS) is 14.4. The Bertz CT molecular complexity index is 255. The van der Waals surface area contributed by atoms with Gasteiger partial charge in [0.2, 0.25) is 0 Å².